The molecule has 2 heterocycles. The topological polar surface area (TPSA) is 88.4 Å². The van der Waals surface area contributed by atoms with Crippen LogP contribution in [-0.2, 0) is 16.1 Å². The molecule has 0 amide bonds. The molecule has 0 fully saturated rings. The predicted molar refractivity (Wildman–Crippen MR) is 188 cm³/mol. The molecule has 0 unspecified atom stereocenters. The molecular weight excluding hydrogens is 625 g/mol. The van der Waals surface area contributed by atoms with Gasteiger partial charge in [0.05, 0.1) is 35.1 Å². The van der Waals surface area contributed by atoms with Gasteiger partial charge < -0.3 is 18.9 Å². The van der Waals surface area contributed by atoms with Gasteiger partial charge in [-0.2, -0.15) is 0 Å². The number of hydrogen-bond acceptors (Lipinski definition) is 8. The molecule has 0 aliphatic carbocycles. The number of ether oxygens (including phenoxy) is 4. The highest BCUT2D eigenvalue weighted by atomic mass is 32.1. The number of thiazole rings is 1. The SMILES string of the molecule is C=CCOc1ccc([C@H]2C(C(=O)OCC)=C(C)N=c3s/c(=C\c4ccc(OCc5cccc6ccccc56)c(OCC)c4)c(=O)n32)cc1. The number of nitrogens with zero attached hydrogens (tertiary/aromatic N) is 2. The molecule has 6 rings (SSSR count). The number of fused-ring (bicyclic) bond motifs is 2. The lowest BCUT2D eigenvalue weighted by atomic mass is 9.96. The second-order valence-electron chi connectivity index (χ2n) is 11.0. The van der Waals surface area contributed by atoms with Gasteiger partial charge in [0, 0.05) is 0 Å². The van der Waals surface area contributed by atoms with Gasteiger partial charge in [0.15, 0.2) is 16.3 Å². The lowest BCUT2D eigenvalue weighted by Crippen LogP contribution is -2.39. The monoisotopic (exact) mass is 660 g/mol. The van der Waals surface area contributed by atoms with Crippen LogP contribution >= 0.6 is 11.3 Å². The maximum atomic E-state index is 14.1. The fourth-order valence-corrected chi connectivity index (χ4v) is 6.78. The van der Waals surface area contributed by atoms with Crippen LogP contribution in [-0.4, -0.2) is 30.4 Å². The first-order chi connectivity index (χ1) is 23.4. The van der Waals surface area contributed by atoms with Crippen LogP contribution in [0.4, 0.5) is 0 Å². The number of aromatic nitrogens is 1. The zero-order valence-corrected chi connectivity index (χ0v) is 27.9. The van der Waals surface area contributed by atoms with Crippen molar-refractivity contribution in [2.24, 2.45) is 4.99 Å². The smallest absolute Gasteiger partial charge is 0.338 e. The molecular formula is C39H36N2O6S. The average molecular weight is 661 g/mol. The van der Waals surface area contributed by atoms with E-state index in [1.165, 1.54) is 11.3 Å². The minimum Gasteiger partial charge on any atom is -0.490 e. The van der Waals surface area contributed by atoms with E-state index in [1.807, 2.05) is 73.7 Å². The summed E-state index contributed by atoms with van der Waals surface area (Å²) in [6.45, 7) is 10.5. The summed E-state index contributed by atoms with van der Waals surface area (Å²) in [6, 6.07) is 26.6. The average Bonchev–Trinajstić information content (AvgIpc) is 3.40. The molecule has 0 saturated carbocycles. The first-order valence-electron chi connectivity index (χ1n) is 15.8. The second-order valence-corrected chi connectivity index (χ2v) is 12.0. The highest BCUT2D eigenvalue weighted by Gasteiger charge is 2.33. The summed E-state index contributed by atoms with van der Waals surface area (Å²) >= 11 is 1.27. The Morgan fingerprint density at radius 2 is 1.73 bits per heavy atom. The lowest BCUT2D eigenvalue weighted by Gasteiger charge is -2.24. The van der Waals surface area contributed by atoms with Gasteiger partial charge in [-0.25, -0.2) is 9.79 Å². The summed E-state index contributed by atoms with van der Waals surface area (Å²) in [5.74, 6) is 1.33. The molecule has 1 aromatic heterocycles. The Labute approximate surface area is 282 Å². The number of rotatable bonds is 12. The van der Waals surface area contributed by atoms with E-state index in [0.717, 1.165) is 27.5 Å². The van der Waals surface area contributed by atoms with Crippen molar-refractivity contribution in [1.29, 1.82) is 0 Å². The van der Waals surface area contributed by atoms with Gasteiger partial charge in [-0.1, -0.05) is 84.7 Å². The van der Waals surface area contributed by atoms with Gasteiger partial charge >= 0.3 is 5.97 Å². The summed E-state index contributed by atoms with van der Waals surface area (Å²) in [5, 5.41) is 2.29. The van der Waals surface area contributed by atoms with Crippen LogP contribution in [0.3, 0.4) is 0 Å². The van der Waals surface area contributed by atoms with Crippen molar-refractivity contribution < 1.29 is 23.7 Å². The highest BCUT2D eigenvalue weighted by Crippen LogP contribution is 2.33. The van der Waals surface area contributed by atoms with E-state index >= 15 is 0 Å². The summed E-state index contributed by atoms with van der Waals surface area (Å²) in [7, 11) is 0. The van der Waals surface area contributed by atoms with Gasteiger partial charge in [0.25, 0.3) is 5.56 Å². The van der Waals surface area contributed by atoms with Crippen molar-refractivity contribution in [1.82, 2.24) is 4.57 Å². The fraction of sp³-hybridized carbons (Fsp3) is 0.205. The van der Waals surface area contributed by atoms with Crippen LogP contribution in [0.15, 0.2) is 119 Å². The molecule has 0 bridgehead atoms. The second kappa shape index (κ2) is 14.6. The molecule has 1 aliphatic heterocycles. The number of allylic oxidation sites excluding steroid dienone is 1. The van der Waals surface area contributed by atoms with Gasteiger partial charge in [-0.3, -0.25) is 9.36 Å². The van der Waals surface area contributed by atoms with E-state index in [4.69, 9.17) is 18.9 Å². The molecule has 48 heavy (non-hydrogen) atoms. The quantitative estimate of drug-likeness (QED) is 0.112. The zero-order valence-electron chi connectivity index (χ0n) is 27.1. The minimum atomic E-state index is -0.722. The van der Waals surface area contributed by atoms with Crippen LogP contribution in [0, 0.1) is 0 Å². The third-order valence-corrected chi connectivity index (χ3v) is 8.89. The maximum Gasteiger partial charge on any atom is 0.338 e. The van der Waals surface area contributed by atoms with E-state index in [1.54, 1.807) is 24.5 Å². The number of carbonyl (C=O) groups excluding carboxylic acids is 1. The molecule has 1 atom stereocenters. The summed E-state index contributed by atoms with van der Waals surface area (Å²) in [4.78, 5) is 32.5. The largest absolute Gasteiger partial charge is 0.490 e. The van der Waals surface area contributed by atoms with E-state index < -0.39 is 12.0 Å². The molecule has 8 nitrogen and oxygen atoms in total. The number of carbonyl (C=O) groups is 1. The normalized spacial score (nSPS) is 14.3. The Morgan fingerprint density at radius 3 is 2.50 bits per heavy atom. The van der Waals surface area contributed by atoms with E-state index in [9.17, 15) is 9.59 Å². The molecule has 0 radical (unpaired) electrons. The van der Waals surface area contributed by atoms with Crippen LogP contribution in [0.25, 0.3) is 16.8 Å². The van der Waals surface area contributed by atoms with Crippen molar-refractivity contribution in [2.75, 3.05) is 19.8 Å². The summed E-state index contributed by atoms with van der Waals surface area (Å²) in [6.07, 6.45) is 3.48. The van der Waals surface area contributed by atoms with Gasteiger partial charge in [-0.15, -0.1) is 0 Å². The molecule has 1 aliphatic rings. The van der Waals surface area contributed by atoms with Gasteiger partial charge in [0.1, 0.15) is 19.0 Å². The molecule has 0 N–H and O–H groups in total. The predicted octanol–water partition coefficient (Wildman–Crippen LogP) is 6.49. The molecule has 0 saturated heterocycles. The van der Waals surface area contributed by atoms with Crippen molar-refractivity contribution in [3.05, 3.63) is 145 Å². The van der Waals surface area contributed by atoms with Crippen LogP contribution in [0.2, 0.25) is 0 Å². The van der Waals surface area contributed by atoms with Crippen LogP contribution in [0.1, 0.15) is 43.5 Å². The first-order valence-corrected chi connectivity index (χ1v) is 16.6. The Bertz CT molecular complexity index is 2190. The molecule has 5 aromatic rings. The van der Waals surface area contributed by atoms with E-state index in [0.29, 0.717) is 57.7 Å². The summed E-state index contributed by atoms with van der Waals surface area (Å²) in [5.41, 5.74) is 3.14. The number of hydrogen-bond donors (Lipinski definition) is 0. The molecule has 0 spiro atoms. The Hall–Kier alpha value is -5.41. The third kappa shape index (κ3) is 6.68. The molecule has 4 aromatic carbocycles. The number of esters is 1. The van der Waals surface area contributed by atoms with Crippen molar-refractivity contribution in [2.45, 2.75) is 33.4 Å². The van der Waals surface area contributed by atoms with Gasteiger partial charge in [-0.05, 0) is 78.6 Å². The Balaban J connectivity index is 1.36. The van der Waals surface area contributed by atoms with Crippen LogP contribution < -0.4 is 29.1 Å². The minimum absolute atomic E-state index is 0.199. The first kappa shape index (κ1) is 32.5. The lowest BCUT2D eigenvalue weighted by molar-refractivity contribution is -0.139. The van der Waals surface area contributed by atoms with Gasteiger partial charge in [0.2, 0.25) is 0 Å². The maximum absolute atomic E-state index is 14.1. The summed E-state index contributed by atoms with van der Waals surface area (Å²) < 4.78 is 25.3. The Kier molecular flexibility index (Phi) is 9.87. The van der Waals surface area contributed by atoms with Crippen molar-refractivity contribution >= 4 is 34.2 Å². The standard InChI is InChI=1S/C39H36N2O6S/c1-5-21-46-30-18-16-28(17-19-30)36-35(38(43)45-7-3)25(4)40-39-41(36)37(42)34(48-39)23-26-15-20-32(33(22-26)44-6-2)47-24-29-13-10-12-27-11-8-9-14-31(27)29/h5,8-20,22-23,36H,1,6-7,21,24H2,2-4H3/b34-23-/t36-/m0/s1. The van der Waals surface area contributed by atoms with E-state index in [-0.39, 0.29) is 12.2 Å². The zero-order chi connectivity index (χ0) is 33.6. The van der Waals surface area contributed by atoms with Crippen molar-refractivity contribution in [3.8, 4) is 17.2 Å². The Morgan fingerprint density at radius 1 is 0.938 bits per heavy atom. The molecule has 244 valence electrons. The van der Waals surface area contributed by atoms with E-state index in [2.05, 4.69) is 35.8 Å². The highest BCUT2D eigenvalue weighted by molar-refractivity contribution is 7.07. The van der Waals surface area contributed by atoms with Crippen LogP contribution in [0.5, 0.6) is 17.2 Å². The van der Waals surface area contributed by atoms with Crippen molar-refractivity contribution in [3.63, 3.8) is 0 Å². The number of benzene rings is 4. The fourth-order valence-electron chi connectivity index (χ4n) is 5.74. The third-order valence-electron chi connectivity index (χ3n) is 7.91. The molecule has 9 heteroatoms.